The lowest BCUT2D eigenvalue weighted by molar-refractivity contribution is 0.0313. The van der Waals surface area contributed by atoms with Crippen LogP contribution in [0.5, 0.6) is 5.75 Å². The maximum absolute atomic E-state index is 15.4. The summed E-state index contributed by atoms with van der Waals surface area (Å²) in [5.74, 6) is 0.0664. The number of aromatic hydroxyl groups is 1. The molecule has 2 N–H and O–H groups in total. The number of phenolic OH excluding ortho intramolecular Hbond substituents is 1. The molecule has 1 aromatic carbocycles. The first-order valence-electron chi connectivity index (χ1n) is 10.6. The first kappa shape index (κ1) is 25.9. The highest BCUT2D eigenvalue weighted by molar-refractivity contribution is 5.85. The van der Waals surface area contributed by atoms with Crippen LogP contribution in [0.1, 0.15) is 40.2 Å². The molecule has 0 saturated carbocycles. The van der Waals surface area contributed by atoms with E-state index < -0.39 is 11.7 Å². The van der Waals surface area contributed by atoms with Gasteiger partial charge in [-0.3, -0.25) is 0 Å². The van der Waals surface area contributed by atoms with Crippen LogP contribution in [-0.2, 0) is 0 Å². The molecule has 182 valence electrons. The van der Waals surface area contributed by atoms with E-state index >= 15 is 4.39 Å². The fourth-order valence-corrected chi connectivity index (χ4v) is 4.92. The third kappa shape index (κ3) is 4.47. The van der Waals surface area contributed by atoms with Crippen LogP contribution in [0.15, 0.2) is 48.9 Å². The van der Waals surface area contributed by atoms with E-state index in [1.165, 1.54) is 0 Å². The fourth-order valence-electron chi connectivity index (χ4n) is 4.92. The maximum atomic E-state index is 15.4. The number of fused-ring (bicyclic) bond motifs is 1. The molecule has 0 radical (unpaired) electrons. The van der Waals surface area contributed by atoms with Gasteiger partial charge < -0.3 is 15.0 Å². The summed E-state index contributed by atoms with van der Waals surface area (Å²) in [5.41, 5.74) is 1.55. The molecule has 1 saturated heterocycles. The number of phenols is 1. The highest BCUT2D eigenvalue weighted by atomic mass is 35.5. The van der Waals surface area contributed by atoms with Gasteiger partial charge in [0.15, 0.2) is 5.65 Å². The number of alkyl halides is 1. The molecular formula is C23H28Cl2FN7O. The summed E-state index contributed by atoms with van der Waals surface area (Å²) in [7, 11) is 0. The van der Waals surface area contributed by atoms with E-state index in [2.05, 4.69) is 39.7 Å². The first-order chi connectivity index (χ1) is 15.1. The number of hydrogen-bond donors (Lipinski definition) is 2. The van der Waals surface area contributed by atoms with Crippen molar-refractivity contribution in [3.63, 3.8) is 0 Å². The van der Waals surface area contributed by atoms with Crippen molar-refractivity contribution < 1.29 is 9.50 Å². The van der Waals surface area contributed by atoms with Crippen molar-refractivity contribution in [2.24, 2.45) is 0 Å². The molecule has 1 aliphatic heterocycles. The number of hydrogen-bond acceptors (Lipinski definition) is 6. The molecule has 0 spiro atoms. The highest BCUT2D eigenvalue weighted by Gasteiger charge is 2.47. The quantitative estimate of drug-likeness (QED) is 0.418. The zero-order valence-electron chi connectivity index (χ0n) is 19.3. The molecule has 5 rings (SSSR count). The summed E-state index contributed by atoms with van der Waals surface area (Å²) in [5, 5.41) is 31.3. The van der Waals surface area contributed by atoms with Crippen molar-refractivity contribution in [3.8, 4) is 22.7 Å². The zero-order chi connectivity index (χ0) is 22.7. The van der Waals surface area contributed by atoms with Crippen LogP contribution in [0.2, 0.25) is 0 Å². The number of benzene rings is 1. The van der Waals surface area contributed by atoms with Crippen LogP contribution in [0.3, 0.4) is 0 Å². The van der Waals surface area contributed by atoms with Gasteiger partial charge in [0.25, 0.3) is 0 Å². The monoisotopic (exact) mass is 507 g/mol. The van der Waals surface area contributed by atoms with Gasteiger partial charge in [-0.1, -0.05) is 5.21 Å². The average molecular weight is 508 g/mol. The smallest absolute Gasteiger partial charge is 0.162 e. The van der Waals surface area contributed by atoms with Gasteiger partial charge in [0.05, 0.1) is 29.8 Å². The lowest BCUT2D eigenvalue weighted by Gasteiger charge is -2.49. The molecule has 0 amide bonds. The Hall–Kier alpha value is -2.75. The Balaban J connectivity index is 0.00000162. The maximum Gasteiger partial charge on any atom is 0.162 e. The third-order valence-electron chi connectivity index (χ3n) is 6.17. The summed E-state index contributed by atoms with van der Waals surface area (Å²) in [6.07, 6.45) is 4.70. The molecule has 34 heavy (non-hydrogen) atoms. The van der Waals surface area contributed by atoms with Crippen LogP contribution in [0, 0.1) is 0 Å². The van der Waals surface area contributed by atoms with Crippen molar-refractivity contribution in [2.75, 3.05) is 0 Å². The van der Waals surface area contributed by atoms with Crippen molar-refractivity contribution in [3.05, 3.63) is 48.9 Å². The van der Waals surface area contributed by atoms with Gasteiger partial charge in [-0.25, -0.2) is 9.07 Å². The molecule has 4 heterocycles. The Kier molecular flexibility index (Phi) is 6.94. The largest absolute Gasteiger partial charge is 0.507 e. The lowest BCUT2D eigenvalue weighted by Crippen LogP contribution is -2.64. The van der Waals surface area contributed by atoms with Crippen molar-refractivity contribution in [1.29, 1.82) is 0 Å². The normalized spacial score (nSPS) is 21.0. The van der Waals surface area contributed by atoms with E-state index in [4.69, 9.17) is 0 Å². The van der Waals surface area contributed by atoms with E-state index in [0.717, 1.165) is 5.39 Å². The van der Waals surface area contributed by atoms with Gasteiger partial charge in [0, 0.05) is 34.3 Å². The van der Waals surface area contributed by atoms with E-state index in [1.807, 2.05) is 42.8 Å². The fraction of sp³-hybridized carbons (Fsp3) is 0.391. The van der Waals surface area contributed by atoms with Crippen molar-refractivity contribution in [2.45, 2.75) is 57.4 Å². The van der Waals surface area contributed by atoms with Crippen molar-refractivity contribution >= 4 is 35.8 Å². The number of nitrogens with zero attached hydrogens (tertiary/aromatic N) is 6. The van der Waals surface area contributed by atoms with Crippen LogP contribution in [0.25, 0.3) is 28.0 Å². The second-order valence-electron chi connectivity index (χ2n) is 9.68. The number of piperidine rings is 1. The summed E-state index contributed by atoms with van der Waals surface area (Å²) in [6, 6.07) is 8.64. The average Bonchev–Trinajstić information content (AvgIpc) is 3.39. The van der Waals surface area contributed by atoms with Gasteiger partial charge in [0.2, 0.25) is 0 Å². The minimum atomic E-state index is -1.08. The Morgan fingerprint density at radius 1 is 1.06 bits per heavy atom. The Labute approximate surface area is 209 Å². The molecule has 4 aromatic rings. The van der Waals surface area contributed by atoms with Crippen LogP contribution >= 0.6 is 24.8 Å². The summed E-state index contributed by atoms with van der Waals surface area (Å²) >= 11 is 0. The van der Waals surface area contributed by atoms with Gasteiger partial charge in [-0.2, -0.15) is 0 Å². The number of rotatable bonds is 3. The molecular weight excluding hydrogens is 480 g/mol. The standard InChI is InChI=1S/C23H26FN7O.2ClH/c1-22(2)13-18(20(24)23(3,4)28-22)30-9-7-14-11-17(26-27-21(14)30)16-6-5-15(12-19(16)32)31-10-8-25-29-31;;/h5-12,18,20,28,32H,13H2,1-4H3;2*1H/t18-,20+;;/m1../s1. The molecule has 1 fully saturated rings. The predicted octanol–water partition coefficient (Wildman–Crippen LogP) is 4.66. The van der Waals surface area contributed by atoms with Crippen molar-refractivity contribution in [1.82, 2.24) is 35.1 Å². The van der Waals surface area contributed by atoms with Crippen LogP contribution in [-0.4, -0.2) is 52.1 Å². The van der Waals surface area contributed by atoms with Gasteiger partial charge >= 0.3 is 0 Å². The summed E-state index contributed by atoms with van der Waals surface area (Å²) in [6.45, 7) is 7.98. The Morgan fingerprint density at radius 3 is 2.50 bits per heavy atom. The Bertz CT molecular complexity index is 1290. The van der Waals surface area contributed by atoms with Gasteiger partial charge in [-0.15, -0.1) is 40.1 Å². The minimum absolute atomic E-state index is 0. The first-order valence-corrected chi connectivity index (χ1v) is 10.6. The van der Waals surface area contributed by atoms with Gasteiger partial charge in [-0.05, 0) is 58.4 Å². The molecule has 0 unspecified atom stereocenters. The molecule has 8 nitrogen and oxygen atoms in total. The number of aromatic nitrogens is 6. The molecule has 11 heteroatoms. The minimum Gasteiger partial charge on any atom is -0.507 e. The van der Waals surface area contributed by atoms with E-state index in [9.17, 15) is 5.11 Å². The Morgan fingerprint density at radius 2 is 1.82 bits per heavy atom. The molecule has 0 aliphatic carbocycles. The molecule has 2 atom stereocenters. The SMILES string of the molecule is CC1(C)C[C@@H](n2ccc3cc(-c4ccc(-n5ccnn5)cc4O)nnc32)[C@H](F)C(C)(C)N1.Cl.Cl. The van der Waals surface area contributed by atoms with E-state index in [0.29, 0.717) is 29.0 Å². The topological polar surface area (TPSA) is 93.7 Å². The zero-order valence-corrected chi connectivity index (χ0v) is 20.9. The molecule has 1 aliphatic rings. The second-order valence-corrected chi connectivity index (χ2v) is 9.68. The molecule has 3 aromatic heterocycles. The summed E-state index contributed by atoms with van der Waals surface area (Å²) in [4.78, 5) is 0. The van der Waals surface area contributed by atoms with Crippen LogP contribution in [0.4, 0.5) is 4.39 Å². The number of halogens is 3. The third-order valence-corrected chi connectivity index (χ3v) is 6.17. The van der Waals surface area contributed by atoms with E-state index in [-0.39, 0.29) is 42.1 Å². The number of nitrogens with one attached hydrogen (secondary N) is 1. The van der Waals surface area contributed by atoms with Gasteiger partial charge in [0.1, 0.15) is 11.9 Å². The lowest BCUT2D eigenvalue weighted by atomic mass is 9.78. The highest BCUT2D eigenvalue weighted by Crippen LogP contribution is 2.40. The molecule has 0 bridgehead atoms. The van der Waals surface area contributed by atoms with E-state index in [1.54, 1.807) is 29.2 Å². The summed E-state index contributed by atoms with van der Waals surface area (Å²) < 4.78 is 18.9. The predicted molar refractivity (Wildman–Crippen MR) is 134 cm³/mol. The second kappa shape index (κ2) is 9.13. The van der Waals surface area contributed by atoms with Crippen LogP contribution < -0.4 is 5.32 Å².